The number of halogens is 1. The number of phenols is 1. The minimum atomic E-state index is -0.291. The quantitative estimate of drug-likeness (QED) is 0.796. The van der Waals surface area contributed by atoms with Crippen molar-refractivity contribution in [3.05, 3.63) is 29.3 Å². The maximum absolute atomic E-state index is 11.7. The third-order valence-corrected chi connectivity index (χ3v) is 2.79. The summed E-state index contributed by atoms with van der Waals surface area (Å²) in [6.07, 6.45) is 0.793. The number of hydrogen-bond acceptors (Lipinski definition) is 2. The van der Waals surface area contributed by atoms with Gasteiger partial charge in [-0.15, -0.1) is 11.6 Å². The highest BCUT2D eigenvalue weighted by molar-refractivity contribution is 6.20. The first kappa shape index (κ1) is 12.8. The third kappa shape index (κ3) is 3.42. The smallest absolute Gasteiger partial charge is 0.255 e. The number of amides is 1. The van der Waals surface area contributed by atoms with E-state index in [1.807, 2.05) is 13.8 Å². The summed E-state index contributed by atoms with van der Waals surface area (Å²) in [5.41, 5.74) is 1.22. The van der Waals surface area contributed by atoms with Crippen LogP contribution in [0.2, 0.25) is 0 Å². The molecule has 0 fully saturated rings. The molecule has 0 aliphatic carbocycles. The molecule has 0 saturated heterocycles. The van der Waals surface area contributed by atoms with E-state index in [1.165, 1.54) is 6.07 Å². The molecule has 2 N–H and O–H groups in total. The molecule has 3 nitrogen and oxygen atoms in total. The van der Waals surface area contributed by atoms with Crippen molar-refractivity contribution in [3.8, 4) is 5.75 Å². The van der Waals surface area contributed by atoms with E-state index in [1.54, 1.807) is 12.1 Å². The summed E-state index contributed by atoms with van der Waals surface area (Å²) < 4.78 is 0. The third-order valence-electron chi connectivity index (χ3n) is 2.32. The van der Waals surface area contributed by atoms with Crippen LogP contribution < -0.4 is 5.32 Å². The lowest BCUT2D eigenvalue weighted by atomic mass is 10.1. The first-order valence-corrected chi connectivity index (χ1v) is 5.70. The van der Waals surface area contributed by atoms with Crippen molar-refractivity contribution in [2.75, 3.05) is 6.54 Å². The van der Waals surface area contributed by atoms with Crippen LogP contribution >= 0.6 is 11.6 Å². The molecule has 0 saturated carbocycles. The molecule has 16 heavy (non-hydrogen) atoms. The molecule has 88 valence electrons. The van der Waals surface area contributed by atoms with Crippen molar-refractivity contribution in [1.82, 2.24) is 5.32 Å². The maximum atomic E-state index is 11.7. The molecule has 0 radical (unpaired) electrons. The second-order valence-corrected chi connectivity index (χ2v) is 4.35. The van der Waals surface area contributed by atoms with E-state index in [0.717, 1.165) is 12.0 Å². The van der Waals surface area contributed by atoms with Gasteiger partial charge in [0.05, 0.1) is 10.9 Å². The van der Waals surface area contributed by atoms with Crippen LogP contribution in [0, 0.1) is 6.92 Å². The lowest BCUT2D eigenvalue weighted by molar-refractivity contribution is 0.0950. The Balaban J connectivity index is 2.69. The molecule has 1 aromatic carbocycles. The highest BCUT2D eigenvalue weighted by Gasteiger charge is 2.12. The monoisotopic (exact) mass is 241 g/mol. The van der Waals surface area contributed by atoms with Gasteiger partial charge in [0.1, 0.15) is 5.75 Å². The Morgan fingerprint density at radius 1 is 1.56 bits per heavy atom. The summed E-state index contributed by atoms with van der Waals surface area (Å²) in [5, 5.41) is 12.1. The molecule has 1 rings (SSSR count). The Morgan fingerprint density at radius 3 is 2.88 bits per heavy atom. The zero-order valence-electron chi connectivity index (χ0n) is 9.46. The molecular formula is C12H16ClNO2. The number of alkyl halides is 1. The van der Waals surface area contributed by atoms with Crippen LogP contribution in [0.3, 0.4) is 0 Å². The number of benzene rings is 1. The van der Waals surface area contributed by atoms with E-state index >= 15 is 0 Å². The summed E-state index contributed by atoms with van der Waals surface area (Å²) in [7, 11) is 0. The Kier molecular flexibility index (Phi) is 4.62. The van der Waals surface area contributed by atoms with Crippen molar-refractivity contribution in [2.45, 2.75) is 25.6 Å². The van der Waals surface area contributed by atoms with Gasteiger partial charge in [-0.3, -0.25) is 4.79 Å². The molecule has 1 amide bonds. The number of hydrogen-bond donors (Lipinski definition) is 2. The average molecular weight is 242 g/mol. The topological polar surface area (TPSA) is 49.3 Å². The number of carbonyl (C=O) groups excluding carboxylic acids is 1. The van der Waals surface area contributed by atoms with Gasteiger partial charge in [0.2, 0.25) is 0 Å². The maximum Gasteiger partial charge on any atom is 0.255 e. The van der Waals surface area contributed by atoms with E-state index < -0.39 is 0 Å². The van der Waals surface area contributed by atoms with Gasteiger partial charge in [-0.2, -0.15) is 0 Å². The Hall–Kier alpha value is -1.22. The van der Waals surface area contributed by atoms with E-state index in [9.17, 15) is 9.90 Å². The highest BCUT2D eigenvalue weighted by Crippen LogP contribution is 2.17. The predicted octanol–water partition coefficient (Wildman–Crippen LogP) is 2.45. The van der Waals surface area contributed by atoms with Gasteiger partial charge in [0.25, 0.3) is 5.91 Å². The minimum Gasteiger partial charge on any atom is -0.507 e. The first-order valence-electron chi connectivity index (χ1n) is 5.26. The fourth-order valence-electron chi connectivity index (χ4n) is 1.27. The van der Waals surface area contributed by atoms with Crippen molar-refractivity contribution in [2.24, 2.45) is 0 Å². The molecule has 0 aliphatic heterocycles. The van der Waals surface area contributed by atoms with Gasteiger partial charge >= 0.3 is 0 Å². The van der Waals surface area contributed by atoms with Crippen LogP contribution in [-0.2, 0) is 0 Å². The number of phenolic OH excluding ortho intramolecular Hbond substituents is 1. The second-order valence-electron chi connectivity index (χ2n) is 3.74. The average Bonchev–Trinajstić information content (AvgIpc) is 2.28. The molecular weight excluding hydrogens is 226 g/mol. The van der Waals surface area contributed by atoms with Crippen molar-refractivity contribution in [3.63, 3.8) is 0 Å². The molecule has 0 aromatic heterocycles. The number of aromatic hydroxyl groups is 1. The zero-order valence-corrected chi connectivity index (χ0v) is 10.2. The van der Waals surface area contributed by atoms with Gasteiger partial charge in [0.15, 0.2) is 0 Å². The molecule has 1 aromatic rings. The normalized spacial score (nSPS) is 12.2. The number of nitrogens with one attached hydrogen (secondary N) is 1. The molecule has 1 unspecified atom stereocenters. The van der Waals surface area contributed by atoms with E-state index in [4.69, 9.17) is 11.6 Å². The number of carbonyl (C=O) groups is 1. The fraction of sp³-hybridized carbons (Fsp3) is 0.417. The summed E-state index contributed by atoms with van der Waals surface area (Å²) in [5.74, 6) is -0.300. The van der Waals surface area contributed by atoms with E-state index in [-0.39, 0.29) is 17.0 Å². The summed E-state index contributed by atoms with van der Waals surface area (Å²) >= 11 is 5.89. The standard InChI is InChI=1S/C12H16ClNO2/c1-3-9(13)7-14-12(16)10-6-8(2)4-5-11(10)15/h4-6,9,15H,3,7H2,1-2H3,(H,14,16). The summed E-state index contributed by atoms with van der Waals surface area (Å²) in [6.45, 7) is 4.23. The Bertz CT molecular complexity index is 379. The van der Waals surface area contributed by atoms with Crippen molar-refractivity contribution >= 4 is 17.5 Å². The van der Waals surface area contributed by atoms with Crippen LogP contribution in [0.1, 0.15) is 29.3 Å². The molecule has 0 spiro atoms. The van der Waals surface area contributed by atoms with E-state index in [0.29, 0.717) is 12.1 Å². The van der Waals surface area contributed by atoms with Crippen LogP contribution in [0.4, 0.5) is 0 Å². The summed E-state index contributed by atoms with van der Waals surface area (Å²) in [6, 6.07) is 4.92. The van der Waals surface area contributed by atoms with Gasteiger partial charge in [0, 0.05) is 6.54 Å². The lowest BCUT2D eigenvalue weighted by Gasteiger charge is -2.10. The Morgan fingerprint density at radius 2 is 2.25 bits per heavy atom. The van der Waals surface area contributed by atoms with Gasteiger partial charge in [-0.25, -0.2) is 0 Å². The van der Waals surface area contributed by atoms with Gasteiger partial charge in [-0.1, -0.05) is 18.6 Å². The van der Waals surface area contributed by atoms with Crippen LogP contribution in [-0.4, -0.2) is 22.9 Å². The molecule has 1 atom stereocenters. The molecule has 4 heteroatoms. The SMILES string of the molecule is CCC(Cl)CNC(=O)c1cc(C)ccc1O. The van der Waals surface area contributed by atoms with Gasteiger partial charge < -0.3 is 10.4 Å². The van der Waals surface area contributed by atoms with Crippen LogP contribution in [0.5, 0.6) is 5.75 Å². The predicted molar refractivity (Wildman–Crippen MR) is 65.1 cm³/mol. The largest absolute Gasteiger partial charge is 0.507 e. The van der Waals surface area contributed by atoms with Crippen LogP contribution in [0.25, 0.3) is 0 Å². The lowest BCUT2D eigenvalue weighted by Crippen LogP contribution is -2.29. The number of aryl methyl sites for hydroxylation is 1. The minimum absolute atomic E-state index is 0.00859. The summed E-state index contributed by atoms with van der Waals surface area (Å²) in [4.78, 5) is 11.7. The van der Waals surface area contributed by atoms with Crippen molar-refractivity contribution in [1.29, 1.82) is 0 Å². The number of rotatable bonds is 4. The molecule has 0 heterocycles. The second kappa shape index (κ2) is 5.75. The van der Waals surface area contributed by atoms with Crippen molar-refractivity contribution < 1.29 is 9.90 Å². The molecule has 0 bridgehead atoms. The van der Waals surface area contributed by atoms with Crippen LogP contribution in [0.15, 0.2) is 18.2 Å². The zero-order chi connectivity index (χ0) is 12.1. The first-order chi connectivity index (χ1) is 7.54. The van der Waals surface area contributed by atoms with E-state index in [2.05, 4.69) is 5.32 Å². The Labute approximate surface area is 100 Å². The van der Waals surface area contributed by atoms with Gasteiger partial charge in [-0.05, 0) is 25.5 Å². The highest BCUT2D eigenvalue weighted by atomic mass is 35.5. The fourth-order valence-corrected chi connectivity index (χ4v) is 1.35. The molecule has 0 aliphatic rings.